The second kappa shape index (κ2) is 19.3. The zero-order chi connectivity index (χ0) is 27.9. The molecule has 0 aromatic carbocycles. The van der Waals surface area contributed by atoms with Crippen LogP contribution in [0.3, 0.4) is 0 Å². The van der Waals surface area contributed by atoms with Gasteiger partial charge in [-0.15, -0.1) is 9.24 Å². The van der Waals surface area contributed by atoms with Crippen molar-refractivity contribution in [1.29, 1.82) is 0 Å². The lowest BCUT2D eigenvalue weighted by Gasteiger charge is -2.23. The summed E-state index contributed by atoms with van der Waals surface area (Å²) >= 11 is 6.19. The molecule has 5 N–H and O–H groups in total. The lowest BCUT2D eigenvalue weighted by atomic mass is 10.0. The maximum Gasteiger partial charge on any atom is 0.315 e. The molecule has 218 valence electrons. The van der Waals surface area contributed by atoms with E-state index in [-0.39, 0.29) is 41.1 Å². The van der Waals surface area contributed by atoms with Gasteiger partial charge in [-0.2, -0.15) is 24.4 Å². The van der Waals surface area contributed by atoms with E-state index in [0.29, 0.717) is 48.1 Å². The fraction of sp³-hybridized carbons (Fsp3) is 0.826. The van der Waals surface area contributed by atoms with E-state index in [4.69, 9.17) is 0 Å². The Morgan fingerprint density at radius 1 is 1.13 bits per heavy atom. The summed E-state index contributed by atoms with van der Waals surface area (Å²) in [5, 5.41) is 16.1. The normalized spacial score (nSPS) is 22.6. The van der Waals surface area contributed by atoms with E-state index in [1.165, 1.54) is 21.6 Å². The van der Waals surface area contributed by atoms with E-state index in [2.05, 4.69) is 61.8 Å². The first-order valence-electron chi connectivity index (χ1n) is 13.1. The standard InChI is InChI=1S/C23H43N5O4P2S4/c1-15(33)34(2)28-16(13-35)22(31)38-37-12-9-20(30)25-11-6-5-10-24-19(29)8-4-3-7-18-21-17(14-36-18)26-23(32)27-21/h15-18,21,28,35H,3-14,33H2,1-2H3,(H,24,29)(H,25,30)(H2,26,27,32)/t15?,16-,17?,18?,21?,34?/m0/s1. The van der Waals surface area contributed by atoms with Crippen LogP contribution in [0.2, 0.25) is 0 Å². The largest absolute Gasteiger partial charge is 0.356 e. The molecule has 2 rings (SSSR count). The number of nitrogens with one attached hydrogen (secondary N) is 5. The van der Waals surface area contributed by atoms with Crippen molar-refractivity contribution in [1.82, 2.24) is 26.4 Å². The Morgan fingerprint density at radius 3 is 2.47 bits per heavy atom. The van der Waals surface area contributed by atoms with Gasteiger partial charge in [-0.1, -0.05) is 24.1 Å². The topological polar surface area (TPSA) is 128 Å². The highest BCUT2D eigenvalue weighted by molar-refractivity contribution is 8.82. The van der Waals surface area contributed by atoms with Crippen molar-refractivity contribution < 1.29 is 19.2 Å². The third-order valence-electron chi connectivity index (χ3n) is 6.32. The lowest BCUT2D eigenvalue weighted by Crippen LogP contribution is -2.36. The summed E-state index contributed by atoms with van der Waals surface area (Å²) in [6, 6.07) is 0.133. The monoisotopic (exact) mass is 643 g/mol. The van der Waals surface area contributed by atoms with Crippen LogP contribution in [0.5, 0.6) is 0 Å². The van der Waals surface area contributed by atoms with E-state index in [1.54, 1.807) is 0 Å². The summed E-state index contributed by atoms with van der Waals surface area (Å²) in [7, 11) is 4.91. The van der Waals surface area contributed by atoms with E-state index < -0.39 is 8.07 Å². The maximum atomic E-state index is 12.4. The Bertz CT molecular complexity index is 786. The number of hydrogen-bond acceptors (Lipinski definition) is 9. The fourth-order valence-electron chi connectivity index (χ4n) is 3.98. The Morgan fingerprint density at radius 2 is 1.82 bits per heavy atom. The summed E-state index contributed by atoms with van der Waals surface area (Å²) in [5.41, 5.74) is 0. The molecule has 2 saturated heterocycles. The zero-order valence-corrected chi connectivity index (χ0v) is 27.6. The van der Waals surface area contributed by atoms with Gasteiger partial charge in [-0.25, -0.2) is 4.79 Å². The molecule has 38 heavy (non-hydrogen) atoms. The molecule has 0 saturated carbocycles. The number of thioether (sulfide) groups is 1. The molecule has 0 aromatic heterocycles. The number of amides is 4. The maximum absolute atomic E-state index is 12.4. The predicted octanol–water partition coefficient (Wildman–Crippen LogP) is 3.16. The van der Waals surface area contributed by atoms with Crippen LogP contribution >= 0.6 is 63.3 Å². The molecule has 0 aliphatic carbocycles. The number of hydrogen-bond donors (Lipinski definition) is 6. The van der Waals surface area contributed by atoms with Crippen molar-refractivity contribution in [2.24, 2.45) is 0 Å². The highest BCUT2D eigenvalue weighted by Gasteiger charge is 2.42. The Kier molecular flexibility index (Phi) is 17.4. The third kappa shape index (κ3) is 13.2. The third-order valence-corrected chi connectivity index (χ3v) is 13.8. The molecular formula is C23H43N5O4P2S4. The molecule has 15 heteroatoms. The predicted molar refractivity (Wildman–Crippen MR) is 172 cm³/mol. The molecule has 0 spiro atoms. The molecule has 7 atom stereocenters. The molecule has 2 fully saturated rings. The second-order valence-corrected chi connectivity index (χ2v) is 17.4. The van der Waals surface area contributed by atoms with Crippen molar-refractivity contribution in [2.75, 3.05) is 37.0 Å². The van der Waals surface area contributed by atoms with Gasteiger partial charge in [0.2, 0.25) is 16.9 Å². The van der Waals surface area contributed by atoms with Gasteiger partial charge in [0.25, 0.3) is 0 Å². The molecule has 9 nitrogen and oxygen atoms in total. The van der Waals surface area contributed by atoms with Gasteiger partial charge < -0.3 is 21.3 Å². The molecular weight excluding hydrogens is 601 g/mol. The molecule has 6 unspecified atom stereocenters. The van der Waals surface area contributed by atoms with Crippen LogP contribution in [0.25, 0.3) is 0 Å². The zero-order valence-electron chi connectivity index (χ0n) is 22.2. The molecule has 0 bridgehead atoms. The first kappa shape index (κ1) is 34.3. The molecule has 2 heterocycles. The van der Waals surface area contributed by atoms with Crippen molar-refractivity contribution in [2.45, 2.75) is 80.6 Å². The van der Waals surface area contributed by atoms with Crippen LogP contribution in [0.4, 0.5) is 4.79 Å². The van der Waals surface area contributed by atoms with Crippen LogP contribution in [0.1, 0.15) is 51.9 Å². The quantitative estimate of drug-likeness (QED) is 0.0417. The van der Waals surface area contributed by atoms with Crippen molar-refractivity contribution in [3.05, 3.63) is 0 Å². The number of thiol groups is 1. The van der Waals surface area contributed by atoms with Crippen molar-refractivity contribution in [3.8, 4) is 0 Å². The fourth-order valence-corrected chi connectivity index (χ4v) is 9.25. The van der Waals surface area contributed by atoms with Crippen molar-refractivity contribution >= 4 is 86.3 Å². The Hall–Kier alpha value is 0.100. The van der Waals surface area contributed by atoms with Gasteiger partial charge >= 0.3 is 6.03 Å². The van der Waals surface area contributed by atoms with Crippen LogP contribution < -0.4 is 26.4 Å². The summed E-state index contributed by atoms with van der Waals surface area (Å²) in [6.07, 6.45) is 5.34. The van der Waals surface area contributed by atoms with Gasteiger partial charge in [0.15, 0.2) is 0 Å². The molecule has 2 aliphatic rings. The summed E-state index contributed by atoms with van der Waals surface area (Å²) in [4.78, 5) is 47.9. The number of rotatable bonds is 19. The summed E-state index contributed by atoms with van der Waals surface area (Å²) in [5.74, 6) is 2.04. The van der Waals surface area contributed by atoms with Crippen LogP contribution in [-0.2, 0) is 14.4 Å². The second-order valence-electron chi connectivity index (χ2n) is 9.46. The van der Waals surface area contributed by atoms with Gasteiger partial charge in [0.05, 0.1) is 18.1 Å². The average molecular weight is 644 g/mol. The summed E-state index contributed by atoms with van der Waals surface area (Å²) in [6.45, 7) is 5.40. The van der Waals surface area contributed by atoms with Crippen LogP contribution in [0, 0.1) is 0 Å². The van der Waals surface area contributed by atoms with E-state index in [1.807, 2.05) is 11.8 Å². The number of carbonyl (C=O) groups excluding carboxylic acids is 4. The minimum atomic E-state index is -0.450. The van der Waals surface area contributed by atoms with Crippen LogP contribution in [-0.4, -0.2) is 88.7 Å². The number of urea groups is 1. The van der Waals surface area contributed by atoms with Gasteiger partial charge in [0.1, 0.15) is 0 Å². The highest BCUT2D eigenvalue weighted by atomic mass is 33.1. The van der Waals surface area contributed by atoms with Crippen LogP contribution in [0.15, 0.2) is 0 Å². The Balaban J connectivity index is 1.40. The minimum absolute atomic E-state index is 0.0212. The van der Waals surface area contributed by atoms with E-state index >= 15 is 0 Å². The minimum Gasteiger partial charge on any atom is -0.356 e. The van der Waals surface area contributed by atoms with E-state index in [0.717, 1.165) is 37.9 Å². The molecule has 2 aliphatic heterocycles. The average Bonchev–Trinajstić information content (AvgIpc) is 3.43. The smallest absolute Gasteiger partial charge is 0.315 e. The summed E-state index contributed by atoms with van der Waals surface area (Å²) < 4.78 is 0. The first-order chi connectivity index (χ1) is 18.2. The van der Waals surface area contributed by atoms with Gasteiger partial charge in [0, 0.05) is 53.8 Å². The van der Waals surface area contributed by atoms with Crippen molar-refractivity contribution in [3.63, 3.8) is 0 Å². The number of carbonyl (C=O) groups is 4. The van der Waals surface area contributed by atoms with Gasteiger partial charge in [-0.05, 0) is 51.2 Å². The highest BCUT2D eigenvalue weighted by Crippen LogP contribution is 2.38. The molecule has 0 aromatic rings. The SMILES string of the molecule is CC(P)P(C)N[C@@H](CS)C(=O)SSCCC(=O)NCCCCNC(=O)CCCCC1SCC2NC(=O)NC21. The van der Waals surface area contributed by atoms with Gasteiger partial charge in [-0.3, -0.25) is 19.5 Å². The Labute approximate surface area is 248 Å². The molecule has 0 radical (unpaired) electrons. The number of unbranched alkanes of at least 4 members (excludes halogenated alkanes) is 2. The molecule has 4 amide bonds. The van der Waals surface area contributed by atoms with E-state index in [9.17, 15) is 19.2 Å². The number of fused-ring (bicyclic) bond motifs is 1. The first-order valence-corrected chi connectivity index (χ1v) is 19.6. The lowest BCUT2D eigenvalue weighted by molar-refractivity contribution is -0.122.